The molecule has 0 saturated carbocycles. The van der Waals surface area contributed by atoms with Gasteiger partial charge in [-0.2, -0.15) is 0 Å². The maximum Gasteiger partial charge on any atom is 0.421 e. The topological polar surface area (TPSA) is 67.9 Å². The van der Waals surface area contributed by atoms with E-state index in [-0.39, 0.29) is 12.0 Å². The van der Waals surface area contributed by atoms with E-state index >= 15 is 0 Å². The van der Waals surface area contributed by atoms with E-state index in [0.29, 0.717) is 10.1 Å². The Morgan fingerprint density at radius 2 is 2.12 bits per heavy atom. The Hall–Kier alpha value is -1.08. The van der Waals surface area contributed by atoms with E-state index in [2.05, 4.69) is 5.09 Å². The predicted molar refractivity (Wildman–Crippen MR) is 110 cm³/mol. The fourth-order valence-electron chi connectivity index (χ4n) is 2.63. The number of ether oxygens (including phenoxy) is 1. The molecule has 1 aromatic carbocycles. The van der Waals surface area contributed by atoms with Crippen LogP contribution in [0.3, 0.4) is 0 Å². The van der Waals surface area contributed by atoms with Gasteiger partial charge in [-0.05, 0) is 37.5 Å². The molecule has 0 radical (unpaired) electrons. The molecule has 26 heavy (non-hydrogen) atoms. The van der Waals surface area contributed by atoms with Crippen molar-refractivity contribution in [1.29, 1.82) is 0 Å². The van der Waals surface area contributed by atoms with Gasteiger partial charge in [0.1, 0.15) is 16.1 Å². The lowest BCUT2D eigenvalue weighted by atomic mass is 10.1. The third-order valence-corrected chi connectivity index (χ3v) is 8.07. The number of thiocarbonyl (C=S) groups is 1. The first-order chi connectivity index (χ1) is 12.2. The van der Waals surface area contributed by atoms with Gasteiger partial charge in [-0.25, -0.2) is 9.65 Å². The molecule has 3 atom stereocenters. The van der Waals surface area contributed by atoms with Crippen molar-refractivity contribution in [2.45, 2.75) is 39.8 Å². The molecule has 9 heteroatoms. The lowest BCUT2D eigenvalue weighted by molar-refractivity contribution is -0.142. The Labute approximate surface area is 164 Å². The highest BCUT2D eigenvalue weighted by molar-refractivity contribution is 8.23. The van der Waals surface area contributed by atoms with Gasteiger partial charge in [0.25, 0.3) is 0 Å². The molecule has 6 nitrogen and oxygen atoms in total. The molecule has 144 valence electrons. The van der Waals surface area contributed by atoms with Gasteiger partial charge in [-0.3, -0.25) is 9.46 Å². The number of rotatable bonds is 7. The number of thioether (sulfide) groups is 1. The zero-order valence-corrected chi connectivity index (χ0v) is 18.1. The minimum Gasteiger partial charge on any atom is -0.468 e. The molecule has 1 heterocycles. The molecule has 0 bridgehead atoms. The number of hydrogen-bond donors (Lipinski definition) is 1. The summed E-state index contributed by atoms with van der Waals surface area (Å²) in [6, 6.07) is 6.43. The summed E-state index contributed by atoms with van der Waals surface area (Å²) in [4.78, 5) is 11.9. The fraction of sp³-hybridized carbons (Fsp3) is 0.529. The van der Waals surface area contributed by atoms with Crippen LogP contribution in [0.15, 0.2) is 24.3 Å². The minimum absolute atomic E-state index is 0.0551. The van der Waals surface area contributed by atoms with Crippen LogP contribution in [0.2, 0.25) is 0 Å². The van der Waals surface area contributed by atoms with Crippen LogP contribution in [0.5, 0.6) is 5.75 Å². The maximum absolute atomic E-state index is 13.9. The lowest BCUT2D eigenvalue weighted by Gasteiger charge is -2.35. The second-order valence-electron chi connectivity index (χ2n) is 6.53. The zero-order valence-electron chi connectivity index (χ0n) is 15.6. The third kappa shape index (κ3) is 4.80. The molecule has 1 saturated heterocycles. The van der Waals surface area contributed by atoms with Gasteiger partial charge in [0.05, 0.1) is 13.2 Å². The normalized spacial score (nSPS) is 20.8. The van der Waals surface area contributed by atoms with Crippen molar-refractivity contribution < 1.29 is 18.6 Å². The molecule has 0 aliphatic carbocycles. The minimum atomic E-state index is -3.68. The summed E-state index contributed by atoms with van der Waals surface area (Å²) in [5, 5.41) is 2.85. The standard InChI is InChI=1S/C17H25N2O4PS2/c1-11(2)15-10-26-17(25)19(15)24(21,18-13(4)16(20)22-5)23-14-8-6-7-12(3)9-14/h6-9,11,13,15H,10H2,1-5H3,(H,18,21)/t13-,15+,24?/m0/s1. The van der Waals surface area contributed by atoms with Crippen molar-refractivity contribution in [3.63, 3.8) is 0 Å². The van der Waals surface area contributed by atoms with Crippen LogP contribution in [-0.2, 0) is 14.1 Å². The van der Waals surface area contributed by atoms with Crippen molar-refractivity contribution >= 4 is 41.9 Å². The zero-order chi connectivity index (χ0) is 19.5. The monoisotopic (exact) mass is 416 g/mol. The van der Waals surface area contributed by atoms with Gasteiger partial charge in [0, 0.05) is 5.75 Å². The van der Waals surface area contributed by atoms with Crippen LogP contribution >= 0.6 is 31.7 Å². The molecule has 1 N–H and O–H groups in total. The highest BCUT2D eigenvalue weighted by Gasteiger charge is 2.47. The number of nitrogens with zero attached hydrogens (tertiary/aromatic N) is 1. The number of carbonyl (C=O) groups is 1. The number of carbonyl (C=O) groups excluding carboxylic acids is 1. The van der Waals surface area contributed by atoms with Crippen LogP contribution < -0.4 is 9.61 Å². The predicted octanol–water partition coefficient (Wildman–Crippen LogP) is 3.99. The van der Waals surface area contributed by atoms with E-state index in [1.807, 2.05) is 32.9 Å². The van der Waals surface area contributed by atoms with Gasteiger partial charge >= 0.3 is 13.6 Å². The first-order valence-corrected chi connectivity index (χ1v) is 11.3. The number of aryl methyl sites for hydroxylation is 1. The number of benzene rings is 1. The second kappa shape index (κ2) is 8.74. The fourth-order valence-corrected chi connectivity index (χ4v) is 7.22. The summed E-state index contributed by atoms with van der Waals surface area (Å²) in [5.41, 5.74) is 0.980. The third-order valence-electron chi connectivity index (χ3n) is 4.06. The molecule has 2 rings (SSSR count). The first-order valence-electron chi connectivity index (χ1n) is 8.36. The Kier molecular flexibility index (Phi) is 7.13. The van der Waals surface area contributed by atoms with E-state index < -0.39 is 19.7 Å². The molecule has 0 aromatic heterocycles. The van der Waals surface area contributed by atoms with Crippen LogP contribution in [0, 0.1) is 12.8 Å². The van der Waals surface area contributed by atoms with Crippen molar-refractivity contribution in [2.24, 2.45) is 5.92 Å². The van der Waals surface area contributed by atoms with Gasteiger partial charge in [0.15, 0.2) is 0 Å². The van der Waals surface area contributed by atoms with Crippen molar-refractivity contribution in [3.05, 3.63) is 29.8 Å². The van der Waals surface area contributed by atoms with Crippen molar-refractivity contribution in [3.8, 4) is 5.75 Å². The Morgan fingerprint density at radius 1 is 1.42 bits per heavy atom. The summed E-state index contributed by atoms with van der Waals surface area (Å²) in [6.07, 6.45) is 0. The van der Waals surface area contributed by atoms with Gasteiger partial charge in [0.2, 0.25) is 0 Å². The Balaban J connectivity index is 2.41. The second-order valence-corrected chi connectivity index (χ2v) is 10.1. The highest BCUT2D eigenvalue weighted by atomic mass is 32.2. The molecular formula is C17H25N2O4PS2. The summed E-state index contributed by atoms with van der Waals surface area (Å²) in [6.45, 7) is 7.62. The average Bonchev–Trinajstić information content (AvgIpc) is 2.96. The summed E-state index contributed by atoms with van der Waals surface area (Å²) in [7, 11) is -2.39. The molecule has 0 spiro atoms. The van der Waals surface area contributed by atoms with Gasteiger partial charge < -0.3 is 9.26 Å². The van der Waals surface area contributed by atoms with Gasteiger partial charge in [-0.1, -0.05) is 50.0 Å². The van der Waals surface area contributed by atoms with E-state index in [1.54, 1.807) is 23.7 Å². The molecule has 1 aliphatic rings. The van der Waals surface area contributed by atoms with Crippen LogP contribution in [-0.4, -0.2) is 39.9 Å². The van der Waals surface area contributed by atoms with E-state index in [4.69, 9.17) is 21.5 Å². The Morgan fingerprint density at radius 3 is 2.69 bits per heavy atom. The molecule has 0 amide bonds. The van der Waals surface area contributed by atoms with E-state index in [0.717, 1.165) is 11.3 Å². The summed E-state index contributed by atoms with van der Waals surface area (Å²) in [5.74, 6) is 0.885. The average molecular weight is 417 g/mol. The molecule has 1 unspecified atom stereocenters. The summed E-state index contributed by atoms with van der Waals surface area (Å²) < 4.78 is 26.8. The molecule has 1 aliphatic heterocycles. The largest absolute Gasteiger partial charge is 0.468 e. The van der Waals surface area contributed by atoms with Gasteiger partial charge in [-0.15, -0.1) is 0 Å². The first kappa shape index (κ1) is 21.2. The highest BCUT2D eigenvalue weighted by Crippen LogP contribution is 2.54. The molecular weight excluding hydrogens is 391 g/mol. The number of methoxy groups -OCH3 is 1. The van der Waals surface area contributed by atoms with Crippen LogP contribution in [0.25, 0.3) is 0 Å². The smallest absolute Gasteiger partial charge is 0.421 e. The molecule has 1 fully saturated rings. The van der Waals surface area contributed by atoms with E-state index in [1.165, 1.54) is 18.9 Å². The number of hydrogen-bond acceptors (Lipinski definition) is 6. The molecule has 1 aromatic rings. The quantitative estimate of drug-likeness (QED) is 0.407. The Bertz CT molecular complexity index is 728. The van der Waals surface area contributed by atoms with Crippen molar-refractivity contribution in [2.75, 3.05) is 12.9 Å². The van der Waals surface area contributed by atoms with Crippen LogP contribution in [0.1, 0.15) is 26.3 Å². The maximum atomic E-state index is 13.9. The number of nitrogens with one attached hydrogen (secondary N) is 1. The van der Waals surface area contributed by atoms with Crippen LogP contribution in [0.4, 0.5) is 0 Å². The van der Waals surface area contributed by atoms with Crippen molar-refractivity contribution in [1.82, 2.24) is 9.76 Å². The van der Waals surface area contributed by atoms with E-state index in [9.17, 15) is 9.36 Å². The lowest BCUT2D eigenvalue weighted by Crippen LogP contribution is -2.44. The number of esters is 1. The SMILES string of the molecule is COC(=O)[C@H](C)NP(=O)(Oc1cccc(C)c1)N1C(=S)SC[C@@H]1C(C)C. The summed E-state index contributed by atoms with van der Waals surface area (Å²) >= 11 is 6.93.